The van der Waals surface area contributed by atoms with Gasteiger partial charge in [-0.1, -0.05) is 11.8 Å². The lowest BCUT2D eigenvalue weighted by Crippen LogP contribution is -2.26. The van der Waals surface area contributed by atoms with E-state index < -0.39 is 17.1 Å². The van der Waals surface area contributed by atoms with Crippen molar-refractivity contribution in [1.29, 1.82) is 0 Å². The van der Waals surface area contributed by atoms with Crippen LogP contribution in [0.25, 0.3) is 0 Å². The number of halogens is 1. The maximum absolute atomic E-state index is 11.5. The smallest absolute Gasteiger partial charge is 0.305 e. The second kappa shape index (κ2) is 7.64. The number of rotatable bonds is 5. The summed E-state index contributed by atoms with van der Waals surface area (Å²) < 4.78 is 5.64. The lowest BCUT2D eigenvalue weighted by Gasteiger charge is -2.05. The van der Waals surface area contributed by atoms with Crippen LogP contribution in [0.4, 0.5) is 0 Å². The number of carboxylic acid groups (broad SMARTS) is 1. The van der Waals surface area contributed by atoms with Crippen LogP contribution in [0.5, 0.6) is 11.5 Å². The highest BCUT2D eigenvalue weighted by Gasteiger charge is 2.32. The summed E-state index contributed by atoms with van der Waals surface area (Å²) in [6.07, 6.45) is 1.17. The first-order chi connectivity index (χ1) is 10.9. The lowest BCUT2D eigenvalue weighted by atomic mass is 10.2. The molecule has 1 aromatic rings. The summed E-state index contributed by atoms with van der Waals surface area (Å²) >= 11 is 2.99. The lowest BCUT2D eigenvalue weighted by molar-refractivity contribution is -0.138. The third kappa shape index (κ3) is 4.58. The van der Waals surface area contributed by atoms with Crippen molar-refractivity contribution in [2.75, 3.05) is 7.11 Å². The van der Waals surface area contributed by atoms with Crippen LogP contribution in [-0.2, 0) is 9.59 Å². The Labute approximate surface area is 149 Å². The van der Waals surface area contributed by atoms with E-state index in [0.717, 1.165) is 11.8 Å². The third-order valence-corrected chi connectivity index (χ3v) is 4.66. The largest absolute Gasteiger partial charge is 0.504 e. The molecule has 1 saturated heterocycles. The number of benzene rings is 1. The molecule has 0 radical (unpaired) electrons. The van der Waals surface area contributed by atoms with Gasteiger partial charge in [-0.3, -0.25) is 9.59 Å². The summed E-state index contributed by atoms with van der Waals surface area (Å²) in [4.78, 5) is 22.2. The van der Waals surface area contributed by atoms with E-state index >= 15 is 0 Å². The van der Waals surface area contributed by atoms with Crippen LogP contribution in [0.15, 0.2) is 22.3 Å². The van der Waals surface area contributed by atoms with E-state index in [2.05, 4.69) is 15.5 Å². The van der Waals surface area contributed by atoms with Crippen molar-refractivity contribution < 1.29 is 24.5 Å². The molecule has 0 aromatic heterocycles. The molecule has 0 aliphatic carbocycles. The van der Waals surface area contributed by atoms with Gasteiger partial charge in [0.2, 0.25) is 5.91 Å². The molecule has 23 heavy (non-hydrogen) atoms. The number of phenolic OH excluding ortho intramolecular Hbond substituents is 1. The Morgan fingerprint density at radius 2 is 2.30 bits per heavy atom. The molecule has 10 heteroatoms. The van der Waals surface area contributed by atoms with Crippen molar-refractivity contribution >= 4 is 57.6 Å². The van der Waals surface area contributed by atoms with Gasteiger partial charge in [-0.2, -0.15) is 5.10 Å². The Morgan fingerprint density at radius 3 is 2.96 bits per heavy atom. The van der Waals surface area contributed by atoms with Gasteiger partial charge in [0.15, 0.2) is 16.7 Å². The highest BCUT2D eigenvalue weighted by Crippen LogP contribution is 2.31. The standard InChI is InChI=1S/C13H12IN3O5S/c1-22-8-3-6(2-7(14)11(8)20)5-15-17-13-16-12(21)9(23-13)4-10(18)19/h2-3,5,9,20H,4H2,1H3,(H,18,19)(H,16,17,21). The van der Waals surface area contributed by atoms with Gasteiger partial charge in [0.1, 0.15) is 5.25 Å². The quantitative estimate of drug-likeness (QED) is 0.355. The zero-order valence-corrected chi connectivity index (χ0v) is 14.8. The van der Waals surface area contributed by atoms with Crippen molar-refractivity contribution in [2.45, 2.75) is 11.7 Å². The molecule has 122 valence electrons. The van der Waals surface area contributed by atoms with E-state index in [-0.39, 0.29) is 17.3 Å². The monoisotopic (exact) mass is 449 g/mol. The minimum atomic E-state index is -1.05. The summed E-state index contributed by atoms with van der Waals surface area (Å²) in [6.45, 7) is 0. The van der Waals surface area contributed by atoms with Crippen molar-refractivity contribution in [1.82, 2.24) is 5.32 Å². The topological polar surface area (TPSA) is 121 Å². The van der Waals surface area contributed by atoms with E-state index in [4.69, 9.17) is 9.84 Å². The predicted molar refractivity (Wildman–Crippen MR) is 94.2 cm³/mol. The van der Waals surface area contributed by atoms with Crippen molar-refractivity contribution in [3.05, 3.63) is 21.3 Å². The number of hydrogen-bond acceptors (Lipinski definition) is 7. The normalized spacial score (nSPS) is 19.3. The molecular weight excluding hydrogens is 437 g/mol. The minimum absolute atomic E-state index is 0.0479. The molecule has 1 unspecified atom stereocenters. The number of amidine groups is 1. The molecule has 1 aliphatic heterocycles. The number of aromatic hydroxyl groups is 1. The number of carboxylic acids is 1. The first kappa shape index (κ1) is 17.5. The van der Waals surface area contributed by atoms with Crippen LogP contribution >= 0.6 is 34.4 Å². The number of nitrogens with zero attached hydrogens (tertiary/aromatic N) is 2. The Kier molecular flexibility index (Phi) is 5.82. The zero-order valence-electron chi connectivity index (χ0n) is 11.8. The fourth-order valence-corrected chi connectivity index (χ4v) is 3.26. The van der Waals surface area contributed by atoms with E-state index in [0.29, 0.717) is 14.9 Å². The maximum atomic E-state index is 11.5. The molecule has 1 amide bonds. The van der Waals surface area contributed by atoms with Crippen molar-refractivity contribution in [3.63, 3.8) is 0 Å². The summed E-state index contributed by atoms with van der Waals surface area (Å²) in [6, 6.07) is 3.28. The molecule has 1 aromatic carbocycles. The average molecular weight is 449 g/mol. The molecule has 3 N–H and O–H groups in total. The van der Waals surface area contributed by atoms with Gasteiger partial charge in [-0.05, 0) is 40.3 Å². The summed E-state index contributed by atoms with van der Waals surface area (Å²) in [5.41, 5.74) is 0.657. The molecule has 1 heterocycles. The first-order valence-electron chi connectivity index (χ1n) is 6.27. The fourth-order valence-electron chi connectivity index (χ4n) is 1.72. The predicted octanol–water partition coefficient (Wildman–Crippen LogP) is 1.40. The maximum Gasteiger partial charge on any atom is 0.305 e. The highest BCUT2D eigenvalue weighted by atomic mass is 127. The Morgan fingerprint density at radius 1 is 1.57 bits per heavy atom. The molecule has 0 saturated carbocycles. The molecule has 2 rings (SSSR count). The van der Waals surface area contributed by atoms with E-state index in [1.165, 1.54) is 13.3 Å². The number of thioether (sulfide) groups is 1. The number of carbonyl (C=O) groups excluding carboxylic acids is 1. The summed E-state index contributed by atoms with van der Waals surface area (Å²) in [5, 5.41) is 28.2. The summed E-state index contributed by atoms with van der Waals surface area (Å²) in [7, 11) is 1.44. The minimum Gasteiger partial charge on any atom is -0.504 e. The SMILES string of the molecule is COc1cc(C=NN=C2NC(=O)C(CC(=O)O)S2)cc(I)c1O. The third-order valence-electron chi connectivity index (χ3n) is 2.76. The van der Waals surface area contributed by atoms with Gasteiger partial charge in [0, 0.05) is 0 Å². The van der Waals surface area contributed by atoms with Crippen LogP contribution < -0.4 is 10.1 Å². The van der Waals surface area contributed by atoms with Gasteiger partial charge in [0.05, 0.1) is 23.3 Å². The highest BCUT2D eigenvalue weighted by molar-refractivity contribution is 14.1. The first-order valence-corrected chi connectivity index (χ1v) is 8.23. The number of methoxy groups -OCH3 is 1. The Balaban J connectivity index is 2.08. The van der Waals surface area contributed by atoms with Gasteiger partial charge >= 0.3 is 5.97 Å². The number of phenols is 1. The zero-order chi connectivity index (χ0) is 17.0. The molecule has 1 aliphatic rings. The van der Waals surface area contributed by atoms with Crippen LogP contribution in [0.1, 0.15) is 12.0 Å². The molecule has 1 atom stereocenters. The molecule has 0 spiro atoms. The molecular formula is C13H12IN3O5S. The van der Waals surface area contributed by atoms with Crippen LogP contribution in [0.2, 0.25) is 0 Å². The number of carbonyl (C=O) groups is 2. The number of hydrogen-bond donors (Lipinski definition) is 3. The van der Waals surface area contributed by atoms with E-state index in [1.807, 2.05) is 22.6 Å². The van der Waals surface area contributed by atoms with Crippen LogP contribution in [0.3, 0.4) is 0 Å². The van der Waals surface area contributed by atoms with Gasteiger partial charge < -0.3 is 20.3 Å². The van der Waals surface area contributed by atoms with Gasteiger partial charge in [-0.25, -0.2) is 0 Å². The number of ether oxygens (including phenoxy) is 1. The average Bonchev–Trinajstić information content (AvgIpc) is 2.82. The number of nitrogens with one attached hydrogen (secondary N) is 1. The Hall–Kier alpha value is -1.82. The van der Waals surface area contributed by atoms with Crippen LogP contribution in [-0.4, -0.2) is 45.8 Å². The number of amides is 1. The second-order valence-electron chi connectivity index (χ2n) is 4.40. The van der Waals surface area contributed by atoms with Crippen molar-refractivity contribution in [3.8, 4) is 11.5 Å². The fraction of sp³-hybridized carbons (Fsp3) is 0.231. The second-order valence-corrected chi connectivity index (χ2v) is 6.75. The summed E-state index contributed by atoms with van der Waals surface area (Å²) in [5.74, 6) is -1.08. The molecule has 1 fully saturated rings. The van der Waals surface area contributed by atoms with E-state index in [9.17, 15) is 14.7 Å². The molecule has 0 bridgehead atoms. The van der Waals surface area contributed by atoms with Gasteiger partial charge in [-0.15, -0.1) is 5.10 Å². The van der Waals surface area contributed by atoms with Crippen molar-refractivity contribution in [2.24, 2.45) is 10.2 Å². The molecule has 8 nitrogen and oxygen atoms in total. The van der Waals surface area contributed by atoms with Gasteiger partial charge in [0.25, 0.3) is 0 Å². The Bertz CT molecular complexity index is 707. The number of aliphatic carboxylic acids is 1. The van der Waals surface area contributed by atoms with E-state index in [1.54, 1.807) is 12.1 Å². The van der Waals surface area contributed by atoms with Crippen LogP contribution in [0, 0.1) is 3.57 Å².